The van der Waals surface area contributed by atoms with Crippen LogP contribution < -0.4 is 9.47 Å². The number of fused-ring (bicyclic) bond motifs is 1. The third kappa shape index (κ3) is 4.30. The summed E-state index contributed by atoms with van der Waals surface area (Å²) in [6.45, 7) is 4.33. The third-order valence-corrected chi connectivity index (χ3v) is 6.44. The first-order valence-corrected chi connectivity index (χ1v) is 11.2. The van der Waals surface area contributed by atoms with Crippen molar-refractivity contribution in [3.05, 3.63) is 59.2 Å². The molecule has 2 aromatic rings. The molecule has 2 aliphatic heterocycles. The maximum absolute atomic E-state index is 12.9. The molecule has 0 saturated carbocycles. The highest BCUT2D eigenvalue weighted by molar-refractivity contribution is 7.99. The fourth-order valence-electron chi connectivity index (χ4n) is 3.90. The zero-order chi connectivity index (χ0) is 19.3. The smallest absolute Gasteiger partial charge is 0.233 e. The van der Waals surface area contributed by atoms with Crippen molar-refractivity contribution >= 4 is 17.7 Å². The highest BCUT2D eigenvalue weighted by Gasteiger charge is 2.30. The second kappa shape index (κ2) is 8.91. The fourth-order valence-corrected chi connectivity index (χ4v) is 4.89. The number of likely N-dealkylation sites (tertiary alicyclic amines) is 1. The van der Waals surface area contributed by atoms with Crippen LogP contribution in [0.2, 0.25) is 0 Å². The van der Waals surface area contributed by atoms with E-state index in [0.29, 0.717) is 19.0 Å². The second-order valence-electron chi connectivity index (χ2n) is 7.42. The topological polar surface area (TPSA) is 38.8 Å². The molecule has 4 rings (SSSR count). The molecule has 1 amide bonds. The van der Waals surface area contributed by atoms with E-state index in [-0.39, 0.29) is 11.9 Å². The highest BCUT2D eigenvalue weighted by atomic mass is 32.2. The molecule has 4 nitrogen and oxygen atoms in total. The van der Waals surface area contributed by atoms with Crippen LogP contribution in [0.15, 0.2) is 42.5 Å². The van der Waals surface area contributed by atoms with Gasteiger partial charge in [0.15, 0.2) is 11.5 Å². The van der Waals surface area contributed by atoms with Gasteiger partial charge in [0.1, 0.15) is 0 Å². The summed E-state index contributed by atoms with van der Waals surface area (Å²) in [4.78, 5) is 14.9. The largest absolute Gasteiger partial charge is 0.490 e. The van der Waals surface area contributed by atoms with Gasteiger partial charge in [0.2, 0.25) is 5.91 Å². The lowest BCUT2D eigenvalue weighted by Gasteiger charge is -2.25. The maximum atomic E-state index is 12.9. The summed E-state index contributed by atoms with van der Waals surface area (Å²) in [7, 11) is 0. The molecule has 1 fully saturated rings. The Morgan fingerprint density at radius 2 is 1.93 bits per heavy atom. The number of ether oxygens (including phenoxy) is 2. The van der Waals surface area contributed by atoms with E-state index in [2.05, 4.69) is 43.3 Å². The molecule has 2 heterocycles. The number of nitrogens with zero attached hydrogens (tertiary/aromatic N) is 1. The Hall–Kier alpha value is -2.14. The standard InChI is InChI=1S/C23H27NO3S/c1-17-6-2-3-7-19(17)15-28-16-23(25)24-11-4-8-20(24)18-9-10-21-22(14-18)27-13-5-12-26-21/h2-3,6-7,9-10,14,20H,4-5,8,11-13,15-16H2,1H3. The number of thioether (sulfide) groups is 1. The molecule has 1 unspecified atom stereocenters. The van der Waals surface area contributed by atoms with E-state index >= 15 is 0 Å². The lowest BCUT2D eigenvalue weighted by molar-refractivity contribution is -0.129. The van der Waals surface area contributed by atoms with Crippen molar-refractivity contribution in [1.82, 2.24) is 4.90 Å². The Bertz CT molecular complexity index is 838. The van der Waals surface area contributed by atoms with E-state index in [1.165, 1.54) is 11.1 Å². The molecule has 1 saturated heterocycles. The quantitative estimate of drug-likeness (QED) is 0.730. The molecule has 2 aliphatic rings. The molecule has 28 heavy (non-hydrogen) atoms. The summed E-state index contributed by atoms with van der Waals surface area (Å²) in [5.41, 5.74) is 3.74. The number of carbonyl (C=O) groups excluding carboxylic acids is 1. The molecule has 148 valence electrons. The molecule has 1 atom stereocenters. The first-order chi connectivity index (χ1) is 13.7. The van der Waals surface area contributed by atoms with Crippen molar-refractivity contribution in [1.29, 1.82) is 0 Å². The zero-order valence-corrected chi connectivity index (χ0v) is 17.2. The van der Waals surface area contributed by atoms with Gasteiger partial charge in [-0.15, -0.1) is 11.8 Å². The monoisotopic (exact) mass is 397 g/mol. The first kappa shape index (κ1) is 19.2. The van der Waals surface area contributed by atoms with Crippen molar-refractivity contribution in [3.63, 3.8) is 0 Å². The van der Waals surface area contributed by atoms with Gasteiger partial charge in [0.05, 0.1) is 25.0 Å². The van der Waals surface area contributed by atoms with Crippen LogP contribution in [0.3, 0.4) is 0 Å². The van der Waals surface area contributed by atoms with Gasteiger partial charge in [-0.2, -0.15) is 0 Å². The Kier molecular flexibility index (Phi) is 6.10. The minimum atomic E-state index is 0.142. The Morgan fingerprint density at radius 1 is 1.11 bits per heavy atom. The van der Waals surface area contributed by atoms with E-state index in [9.17, 15) is 4.79 Å². The number of hydrogen-bond acceptors (Lipinski definition) is 4. The Balaban J connectivity index is 1.39. The van der Waals surface area contributed by atoms with E-state index in [1.54, 1.807) is 11.8 Å². The summed E-state index contributed by atoms with van der Waals surface area (Å²) in [5.74, 6) is 3.25. The molecule has 0 aromatic heterocycles. The predicted molar refractivity (Wildman–Crippen MR) is 113 cm³/mol. The van der Waals surface area contributed by atoms with Crippen LogP contribution in [0, 0.1) is 6.92 Å². The SMILES string of the molecule is Cc1ccccc1CSCC(=O)N1CCCC1c1ccc2c(c1)OCCCO2. The van der Waals surface area contributed by atoms with Crippen molar-refractivity contribution in [2.45, 2.75) is 38.0 Å². The van der Waals surface area contributed by atoms with Crippen LogP contribution in [-0.4, -0.2) is 36.3 Å². The molecule has 2 aromatic carbocycles. The van der Waals surface area contributed by atoms with E-state index < -0.39 is 0 Å². The first-order valence-electron chi connectivity index (χ1n) is 10.0. The van der Waals surface area contributed by atoms with Gasteiger partial charge < -0.3 is 14.4 Å². The summed E-state index contributed by atoms with van der Waals surface area (Å²) in [5, 5.41) is 0. The molecule has 0 aliphatic carbocycles. The predicted octanol–water partition coefficient (Wildman–Crippen LogP) is 4.75. The van der Waals surface area contributed by atoms with Gasteiger partial charge in [-0.3, -0.25) is 4.79 Å². The van der Waals surface area contributed by atoms with Gasteiger partial charge in [-0.25, -0.2) is 0 Å². The Labute approximate surface area is 171 Å². The number of carbonyl (C=O) groups is 1. The molecule has 0 radical (unpaired) electrons. The second-order valence-corrected chi connectivity index (χ2v) is 8.41. The average Bonchev–Trinajstić information content (AvgIpc) is 3.08. The van der Waals surface area contributed by atoms with E-state index in [4.69, 9.17) is 9.47 Å². The van der Waals surface area contributed by atoms with Gasteiger partial charge in [0, 0.05) is 18.7 Å². The van der Waals surface area contributed by atoms with Crippen LogP contribution >= 0.6 is 11.8 Å². The van der Waals surface area contributed by atoms with E-state index in [0.717, 1.165) is 48.6 Å². The van der Waals surface area contributed by atoms with Crippen LogP contribution in [0.4, 0.5) is 0 Å². The van der Waals surface area contributed by atoms with Crippen LogP contribution in [0.1, 0.15) is 42.0 Å². The average molecular weight is 398 g/mol. The van der Waals surface area contributed by atoms with Crippen molar-refractivity contribution in [3.8, 4) is 11.5 Å². The third-order valence-electron chi connectivity index (χ3n) is 5.47. The minimum absolute atomic E-state index is 0.142. The number of hydrogen-bond donors (Lipinski definition) is 0. The summed E-state index contributed by atoms with van der Waals surface area (Å²) >= 11 is 1.70. The number of benzene rings is 2. The van der Waals surface area contributed by atoms with Crippen molar-refractivity contribution in [2.75, 3.05) is 25.5 Å². The maximum Gasteiger partial charge on any atom is 0.233 e. The minimum Gasteiger partial charge on any atom is -0.490 e. The molecular weight excluding hydrogens is 370 g/mol. The number of rotatable bonds is 5. The van der Waals surface area contributed by atoms with E-state index in [1.807, 2.05) is 11.0 Å². The Morgan fingerprint density at radius 3 is 2.79 bits per heavy atom. The van der Waals surface area contributed by atoms with Gasteiger partial charge in [-0.1, -0.05) is 30.3 Å². The molecular formula is C23H27NO3S. The van der Waals surface area contributed by atoms with Crippen LogP contribution in [0.25, 0.3) is 0 Å². The summed E-state index contributed by atoms with van der Waals surface area (Å²) < 4.78 is 11.6. The van der Waals surface area contributed by atoms with Crippen molar-refractivity contribution < 1.29 is 14.3 Å². The zero-order valence-electron chi connectivity index (χ0n) is 16.4. The molecule has 5 heteroatoms. The number of amides is 1. The van der Waals surface area contributed by atoms with Gasteiger partial charge >= 0.3 is 0 Å². The van der Waals surface area contributed by atoms with Gasteiger partial charge in [0.25, 0.3) is 0 Å². The molecule has 0 spiro atoms. The lowest BCUT2D eigenvalue weighted by atomic mass is 10.0. The lowest BCUT2D eigenvalue weighted by Crippen LogP contribution is -2.32. The van der Waals surface area contributed by atoms with Gasteiger partial charge in [-0.05, 0) is 48.6 Å². The number of aryl methyl sites for hydroxylation is 1. The summed E-state index contributed by atoms with van der Waals surface area (Å²) in [6.07, 6.45) is 2.96. The normalized spacial score (nSPS) is 18.8. The van der Waals surface area contributed by atoms with Crippen LogP contribution in [-0.2, 0) is 10.5 Å². The van der Waals surface area contributed by atoms with Crippen molar-refractivity contribution in [2.24, 2.45) is 0 Å². The molecule has 0 N–H and O–H groups in total. The van der Waals surface area contributed by atoms with Crippen LogP contribution in [0.5, 0.6) is 11.5 Å². The fraction of sp³-hybridized carbons (Fsp3) is 0.435. The molecule has 0 bridgehead atoms. The summed E-state index contributed by atoms with van der Waals surface area (Å²) in [6, 6.07) is 14.7. The highest BCUT2D eigenvalue weighted by Crippen LogP contribution is 2.38.